The van der Waals surface area contributed by atoms with E-state index in [4.69, 9.17) is 0 Å². The maximum absolute atomic E-state index is 12.1. The van der Waals surface area contributed by atoms with Gasteiger partial charge in [-0.15, -0.1) is 0 Å². The van der Waals surface area contributed by atoms with Crippen LogP contribution in [-0.4, -0.2) is 23.3 Å². The van der Waals surface area contributed by atoms with Crippen LogP contribution in [0.5, 0.6) is 0 Å². The van der Waals surface area contributed by atoms with E-state index < -0.39 is 0 Å². The van der Waals surface area contributed by atoms with Gasteiger partial charge in [0.25, 0.3) is 5.91 Å². The Morgan fingerprint density at radius 2 is 1.86 bits per heavy atom. The van der Waals surface area contributed by atoms with Gasteiger partial charge in [-0.05, 0) is 48.4 Å². The molecule has 0 bridgehead atoms. The predicted molar refractivity (Wildman–Crippen MR) is 83.4 cm³/mol. The molecule has 0 spiro atoms. The topological polar surface area (TPSA) is 62.3 Å². The van der Waals surface area contributed by atoms with E-state index in [2.05, 4.69) is 10.3 Å². The van der Waals surface area contributed by atoms with Gasteiger partial charge in [0, 0.05) is 43.2 Å². The van der Waals surface area contributed by atoms with Crippen LogP contribution in [0.3, 0.4) is 0 Å². The number of hydrogen-bond acceptors (Lipinski definition) is 3. The Balaban J connectivity index is 1.62. The van der Waals surface area contributed by atoms with Gasteiger partial charge >= 0.3 is 0 Å². The van der Waals surface area contributed by atoms with Crippen LogP contribution in [0.15, 0.2) is 48.8 Å². The minimum Gasteiger partial charge on any atom is -0.348 e. The molecule has 0 aliphatic carbocycles. The average Bonchev–Trinajstić information content (AvgIpc) is 3.00. The lowest BCUT2D eigenvalue weighted by atomic mass is 10.1. The molecule has 3 rings (SSSR count). The van der Waals surface area contributed by atoms with Gasteiger partial charge in [0.2, 0.25) is 5.91 Å². The Bertz CT molecular complexity index is 668. The first-order valence-electron chi connectivity index (χ1n) is 7.31. The number of pyridine rings is 1. The zero-order chi connectivity index (χ0) is 15.4. The van der Waals surface area contributed by atoms with Crippen LogP contribution in [0.4, 0.5) is 5.69 Å². The van der Waals surface area contributed by atoms with Crippen molar-refractivity contribution >= 4 is 17.5 Å². The zero-order valence-electron chi connectivity index (χ0n) is 12.2. The zero-order valence-corrected chi connectivity index (χ0v) is 12.2. The first-order valence-corrected chi connectivity index (χ1v) is 7.31. The van der Waals surface area contributed by atoms with Crippen molar-refractivity contribution in [3.63, 3.8) is 0 Å². The number of aromatic nitrogens is 1. The van der Waals surface area contributed by atoms with Crippen LogP contribution in [0.2, 0.25) is 0 Å². The maximum Gasteiger partial charge on any atom is 0.251 e. The number of rotatable bonds is 4. The van der Waals surface area contributed by atoms with Crippen LogP contribution < -0.4 is 10.2 Å². The van der Waals surface area contributed by atoms with Crippen molar-refractivity contribution in [3.8, 4) is 0 Å². The number of amides is 2. The monoisotopic (exact) mass is 295 g/mol. The summed E-state index contributed by atoms with van der Waals surface area (Å²) in [5, 5.41) is 2.87. The molecular weight excluding hydrogens is 278 g/mol. The fraction of sp³-hybridized carbons (Fsp3) is 0.235. The highest BCUT2D eigenvalue weighted by atomic mass is 16.2. The summed E-state index contributed by atoms with van der Waals surface area (Å²) in [5.41, 5.74) is 2.44. The molecule has 2 heterocycles. The van der Waals surface area contributed by atoms with E-state index in [9.17, 15) is 9.59 Å². The summed E-state index contributed by atoms with van der Waals surface area (Å²) in [7, 11) is 0. The van der Waals surface area contributed by atoms with Crippen molar-refractivity contribution in [1.29, 1.82) is 0 Å². The van der Waals surface area contributed by atoms with E-state index in [1.165, 1.54) is 0 Å². The smallest absolute Gasteiger partial charge is 0.251 e. The van der Waals surface area contributed by atoms with Crippen LogP contribution in [0.25, 0.3) is 0 Å². The van der Waals surface area contributed by atoms with Crippen molar-refractivity contribution < 1.29 is 9.59 Å². The molecule has 0 unspecified atom stereocenters. The molecule has 0 radical (unpaired) electrons. The molecule has 2 amide bonds. The van der Waals surface area contributed by atoms with E-state index in [0.29, 0.717) is 18.5 Å². The Kier molecular flexibility index (Phi) is 4.14. The Hall–Kier alpha value is -2.69. The number of nitrogens with zero attached hydrogens (tertiary/aromatic N) is 2. The summed E-state index contributed by atoms with van der Waals surface area (Å²) < 4.78 is 0. The molecule has 5 heteroatoms. The van der Waals surface area contributed by atoms with E-state index in [0.717, 1.165) is 24.2 Å². The molecule has 1 N–H and O–H groups in total. The van der Waals surface area contributed by atoms with Gasteiger partial charge in [-0.1, -0.05) is 0 Å². The third kappa shape index (κ3) is 3.14. The van der Waals surface area contributed by atoms with E-state index in [-0.39, 0.29) is 11.8 Å². The van der Waals surface area contributed by atoms with Gasteiger partial charge in [0.15, 0.2) is 0 Å². The van der Waals surface area contributed by atoms with Gasteiger partial charge in [0.1, 0.15) is 0 Å². The molecule has 112 valence electrons. The Labute approximate surface area is 129 Å². The minimum atomic E-state index is -0.129. The summed E-state index contributed by atoms with van der Waals surface area (Å²) in [6, 6.07) is 10.9. The lowest BCUT2D eigenvalue weighted by Gasteiger charge is -2.15. The first-order chi connectivity index (χ1) is 10.7. The fourth-order valence-corrected chi connectivity index (χ4v) is 2.50. The second-order valence-corrected chi connectivity index (χ2v) is 5.23. The van der Waals surface area contributed by atoms with Gasteiger partial charge in [-0.2, -0.15) is 0 Å². The van der Waals surface area contributed by atoms with Crippen molar-refractivity contribution in [2.45, 2.75) is 19.4 Å². The van der Waals surface area contributed by atoms with Gasteiger partial charge < -0.3 is 10.2 Å². The highest BCUT2D eigenvalue weighted by Gasteiger charge is 2.21. The predicted octanol–water partition coefficient (Wildman–Crippen LogP) is 2.14. The molecule has 1 saturated heterocycles. The molecule has 0 saturated carbocycles. The standard InChI is InChI=1S/C17H17N3O2/c21-16-2-1-11-20(16)15-5-3-14(4-6-15)17(22)19-12-13-7-9-18-10-8-13/h3-10H,1-2,11-12H2,(H,19,22). The van der Waals surface area contributed by atoms with Crippen molar-refractivity contribution in [2.75, 3.05) is 11.4 Å². The summed E-state index contributed by atoms with van der Waals surface area (Å²) in [5.74, 6) is 0.0194. The van der Waals surface area contributed by atoms with Crippen LogP contribution in [0.1, 0.15) is 28.8 Å². The van der Waals surface area contributed by atoms with Crippen molar-refractivity contribution in [2.24, 2.45) is 0 Å². The lowest BCUT2D eigenvalue weighted by molar-refractivity contribution is -0.117. The van der Waals surface area contributed by atoms with Crippen LogP contribution >= 0.6 is 0 Å². The Morgan fingerprint density at radius 1 is 1.14 bits per heavy atom. The molecule has 1 aliphatic rings. The minimum absolute atomic E-state index is 0.129. The number of nitrogens with one attached hydrogen (secondary N) is 1. The van der Waals surface area contributed by atoms with Crippen molar-refractivity contribution in [3.05, 3.63) is 59.9 Å². The summed E-state index contributed by atoms with van der Waals surface area (Å²) in [4.78, 5) is 29.5. The number of benzene rings is 1. The highest BCUT2D eigenvalue weighted by molar-refractivity contribution is 5.97. The SMILES string of the molecule is O=C(NCc1ccncc1)c1ccc(N2CCCC2=O)cc1. The second-order valence-electron chi connectivity index (χ2n) is 5.23. The van der Waals surface area contributed by atoms with Crippen LogP contribution in [-0.2, 0) is 11.3 Å². The molecular formula is C17H17N3O2. The number of anilines is 1. The molecule has 2 aromatic rings. The molecule has 0 atom stereocenters. The third-order valence-electron chi connectivity index (χ3n) is 3.72. The average molecular weight is 295 g/mol. The van der Waals surface area contributed by atoms with E-state index in [1.807, 2.05) is 24.3 Å². The van der Waals surface area contributed by atoms with Crippen molar-refractivity contribution in [1.82, 2.24) is 10.3 Å². The van der Waals surface area contributed by atoms with Gasteiger partial charge in [-0.25, -0.2) is 0 Å². The molecule has 5 nitrogen and oxygen atoms in total. The normalized spacial score (nSPS) is 14.2. The largest absolute Gasteiger partial charge is 0.348 e. The third-order valence-corrected chi connectivity index (χ3v) is 3.72. The number of carbonyl (C=O) groups excluding carboxylic acids is 2. The summed E-state index contributed by atoms with van der Waals surface area (Å²) >= 11 is 0. The summed E-state index contributed by atoms with van der Waals surface area (Å²) in [6.45, 7) is 1.22. The maximum atomic E-state index is 12.1. The number of carbonyl (C=O) groups is 2. The van der Waals surface area contributed by atoms with E-state index >= 15 is 0 Å². The van der Waals surface area contributed by atoms with E-state index in [1.54, 1.807) is 29.4 Å². The molecule has 1 aromatic carbocycles. The fourth-order valence-electron chi connectivity index (χ4n) is 2.50. The quantitative estimate of drug-likeness (QED) is 0.940. The summed E-state index contributed by atoms with van der Waals surface area (Å²) in [6.07, 6.45) is 4.90. The lowest BCUT2D eigenvalue weighted by Crippen LogP contribution is -2.24. The Morgan fingerprint density at radius 3 is 2.50 bits per heavy atom. The number of hydrogen-bond donors (Lipinski definition) is 1. The highest BCUT2D eigenvalue weighted by Crippen LogP contribution is 2.21. The molecule has 1 aromatic heterocycles. The second kappa shape index (κ2) is 6.39. The van der Waals surface area contributed by atoms with Crippen LogP contribution in [0, 0.1) is 0 Å². The molecule has 1 aliphatic heterocycles. The molecule has 1 fully saturated rings. The first kappa shape index (κ1) is 14.3. The molecule has 22 heavy (non-hydrogen) atoms. The van der Waals surface area contributed by atoms with Gasteiger partial charge in [0.05, 0.1) is 0 Å². The van der Waals surface area contributed by atoms with Gasteiger partial charge in [-0.3, -0.25) is 14.6 Å².